The molecule has 3 rings (SSSR count). The quantitative estimate of drug-likeness (QED) is 0.528. The summed E-state index contributed by atoms with van der Waals surface area (Å²) in [6.07, 6.45) is -5.30. The van der Waals surface area contributed by atoms with E-state index in [1.54, 1.807) is 18.2 Å². The van der Waals surface area contributed by atoms with Crippen molar-refractivity contribution in [3.63, 3.8) is 0 Å². The van der Waals surface area contributed by atoms with Crippen LogP contribution >= 0.6 is 11.6 Å². The number of carbonyl (C=O) groups is 2. The van der Waals surface area contributed by atoms with Crippen LogP contribution in [0.3, 0.4) is 0 Å². The van der Waals surface area contributed by atoms with Crippen molar-refractivity contribution < 1.29 is 27.9 Å². The molecule has 31 heavy (non-hydrogen) atoms. The fourth-order valence-electron chi connectivity index (χ4n) is 2.92. The fourth-order valence-corrected chi connectivity index (χ4v) is 3.14. The number of aromatic amines is 1. The van der Waals surface area contributed by atoms with Gasteiger partial charge in [0.1, 0.15) is 5.69 Å². The van der Waals surface area contributed by atoms with E-state index < -0.39 is 41.6 Å². The molecule has 0 spiro atoms. The molecule has 7 nitrogen and oxygen atoms in total. The van der Waals surface area contributed by atoms with E-state index in [9.17, 15) is 27.6 Å². The van der Waals surface area contributed by atoms with Gasteiger partial charge in [-0.05, 0) is 29.8 Å². The molecule has 3 N–H and O–H groups in total. The molecule has 1 atom stereocenters. The minimum atomic E-state index is -4.63. The molecule has 0 saturated heterocycles. The van der Waals surface area contributed by atoms with Gasteiger partial charge in [-0.3, -0.25) is 19.5 Å². The number of benzene rings is 2. The van der Waals surface area contributed by atoms with Crippen molar-refractivity contribution in [3.8, 4) is 5.69 Å². The van der Waals surface area contributed by atoms with Crippen LogP contribution in [0, 0.1) is 0 Å². The molecule has 2 aromatic carbocycles. The van der Waals surface area contributed by atoms with E-state index in [2.05, 4.69) is 10.4 Å². The zero-order valence-corrected chi connectivity index (χ0v) is 16.4. The van der Waals surface area contributed by atoms with Gasteiger partial charge < -0.3 is 10.4 Å². The molecule has 11 heteroatoms. The number of nitrogens with zero attached hydrogens (tertiary/aromatic N) is 1. The Bertz CT molecular complexity index is 1190. The highest BCUT2D eigenvalue weighted by molar-refractivity contribution is 6.32. The Kier molecular flexibility index (Phi) is 6.21. The number of para-hydroxylation sites is 1. The Morgan fingerprint density at radius 3 is 2.48 bits per heavy atom. The summed E-state index contributed by atoms with van der Waals surface area (Å²) in [4.78, 5) is 36.1. The number of aromatic nitrogens is 2. The summed E-state index contributed by atoms with van der Waals surface area (Å²) in [7, 11) is 0. The largest absolute Gasteiger partial charge is 0.481 e. The number of aliphatic carboxylic acids is 1. The molecule has 0 saturated carbocycles. The highest BCUT2D eigenvalue weighted by Gasteiger charge is 2.31. The lowest BCUT2D eigenvalue weighted by Crippen LogP contribution is -2.30. The van der Waals surface area contributed by atoms with Crippen LogP contribution in [0.15, 0.2) is 59.4 Å². The molecule has 1 heterocycles. The van der Waals surface area contributed by atoms with Gasteiger partial charge in [-0.2, -0.15) is 13.2 Å². The average molecular weight is 454 g/mol. The number of amides is 1. The van der Waals surface area contributed by atoms with Gasteiger partial charge in [-0.25, -0.2) is 4.68 Å². The molecule has 1 aromatic heterocycles. The van der Waals surface area contributed by atoms with Crippen LogP contribution in [-0.2, 0) is 11.0 Å². The highest BCUT2D eigenvalue weighted by Crippen LogP contribution is 2.31. The number of hydrogen-bond acceptors (Lipinski definition) is 3. The van der Waals surface area contributed by atoms with Crippen molar-refractivity contribution >= 4 is 23.5 Å². The predicted octanol–water partition coefficient (Wildman–Crippen LogP) is 3.78. The van der Waals surface area contributed by atoms with Crippen LogP contribution < -0.4 is 10.9 Å². The maximum absolute atomic E-state index is 13.0. The standard InChI is InChI=1S/C20H15ClF3N3O4/c21-13-6-1-2-7-16(13)27-17(28)9-15(26-27)19(31)25-14(10-18(29)30)11-4-3-5-12(8-11)20(22,23)24/h1-9,14,26H,10H2,(H,25,31)(H,29,30). The number of carboxylic acid groups (broad SMARTS) is 1. The first-order valence-corrected chi connectivity index (χ1v) is 9.21. The molecule has 162 valence electrons. The smallest absolute Gasteiger partial charge is 0.416 e. The van der Waals surface area contributed by atoms with E-state index in [0.29, 0.717) is 0 Å². The van der Waals surface area contributed by atoms with Crippen molar-refractivity contribution in [2.24, 2.45) is 0 Å². The fraction of sp³-hybridized carbons (Fsp3) is 0.150. The first kappa shape index (κ1) is 22.2. The van der Waals surface area contributed by atoms with E-state index in [4.69, 9.17) is 16.7 Å². The lowest BCUT2D eigenvalue weighted by molar-refractivity contribution is -0.138. The number of alkyl halides is 3. The van der Waals surface area contributed by atoms with E-state index in [0.717, 1.165) is 28.9 Å². The second-order valence-electron chi connectivity index (χ2n) is 6.54. The van der Waals surface area contributed by atoms with Crippen molar-refractivity contribution in [3.05, 3.63) is 86.8 Å². The maximum atomic E-state index is 13.0. The van der Waals surface area contributed by atoms with Crippen LogP contribution in [-0.4, -0.2) is 26.8 Å². The molecule has 0 fully saturated rings. The van der Waals surface area contributed by atoms with Gasteiger partial charge in [0, 0.05) is 6.07 Å². The monoisotopic (exact) mass is 453 g/mol. The lowest BCUT2D eigenvalue weighted by atomic mass is 10.0. The van der Waals surface area contributed by atoms with E-state index in [1.165, 1.54) is 12.1 Å². The van der Waals surface area contributed by atoms with Gasteiger partial charge in [-0.15, -0.1) is 0 Å². The van der Waals surface area contributed by atoms with Gasteiger partial charge >= 0.3 is 12.1 Å². The molecule has 1 unspecified atom stereocenters. The van der Waals surface area contributed by atoms with Crippen molar-refractivity contribution in [2.75, 3.05) is 0 Å². The number of rotatable bonds is 6. The molecular weight excluding hydrogens is 439 g/mol. The molecule has 0 aliphatic heterocycles. The normalized spacial score (nSPS) is 12.4. The third kappa shape index (κ3) is 5.15. The predicted molar refractivity (Wildman–Crippen MR) is 105 cm³/mol. The van der Waals surface area contributed by atoms with E-state index >= 15 is 0 Å². The number of carbonyl (C=O) groups excluding carboxylic acids is 1. The topological polar surface area (TPSA) is 104 Å². The number of H-pyrrole nitrogens is 1. The second-order valence-corrected chi connectivity index (χ2v) is 6.95. The summed E-state index contributed by atoms with van der Waals surface area (Å²) in [5, 5.41) is 14.3. The molecule has 0 aliphatic carbocycles. The Hall–Kier alpha value is -3.53. The summed E-state index contributed by atoms with van der Waals surface area (Å²) in [5.74, 6) is -2.20. The Morgan fingerprint density at radius 1 is 1.13 bits per heavy atom. The molecule has 1 amide bonds. The summed E-state index contributed by atoms with van der Waals surface area (Å²) >= 11 is 6.06. The van der Waals surface area contributed by atoms with Gasteiger partial charge in [0.2, 0.25) is 0 Å². The first-order chi connectivity index (χ1) is 14.6. The van der Waals surface area contributed by atoms with E-state index in [-0.39, 0.29) is 22.0 Å². The SMILES string of the molecule is O=C(O)CC(NC(=O)c1cc(=O)n(-c2ccccc2Cl)[nH]1)c1cccc(C(F)(F)F)c1. The van der Waals surface area contributed by atoms with Crippen LogP contribution in [0.1, 0.15) is 34.1 Å². The van der Waals surface area contributed by atoms with Gasteiger partial charge in [-0.1, -0.05) is 35.9 Å². The van der Waals surface area contributed by atoms with Gasteiger partial charge in [0.15, 0.2) is 0 Å². The first-order valence-electron chi connectivity index (χ1n) is 8.83. The third-order valence-corrected chi connectivity index (χ3v) is 4.68. The minimum Gasteiger partial charge on any atom is -0.481 e. The minimum absolute atomic E-state index is 0.0431. The average Bonchev–Trinajstić information content (AvgIpc) is 3.08. The molecule has 3 aromatic rings. The molecular formula is C20H15ClF3N3O4. The lowest BCUT2D eigenvalue weighted by Gasteiger charge is -2.18. The summed E-state index contributed by atoms with van der Waals surface area (Å²) < 4.78 is 40.0. The maximum Gasteiger partial charge on any atom is 0.416 e. The Balaban J connectivity index is 1.91. The zero-order valence-electron chi connectivity index (χ0n) is 15.6. The van der Waals surface area contributed by atoms with Gasteiger partial charge in [0.05, 0.1) is 28.7 Å². The van der Waals surface area contributed by atoms with Crippen LogP contribution in [0.25, 0.3) is 5.69 Å². The summed E-state index contributed by atoms with van der Waals surface area (Å²) in [5.41, 5.74) is -1.56. The van der Waals surface area contributed by atoms with Crippen LogP contribution in [0.4, 0.5) is 13.2 Å². The van der Waals surface area contributed by atoms with Crippen molar-refractivity contribution in [1.29, 1.82) is 0 Å². The zero-order chi connectivity index (χ0) is 22.8. The summed E-state index contributed by atoms with van der Waals surface area (Å²) in [6.45, 7) is 0. The number of carboxylic acids is 1. The number of nitrogens with one attached hydrogen (secondary N) is 2. The Morgan fingerprint density at radius 2 is 1.84 bits per heavy atom. The van der Waals surface area contributed by atoms with Crippen molar-refractivity contribution in [1.82, 2.24) is 15.1 Å². The molecule has 0 aliphatic rings. The second kappa shape index (κ2) is 8.68. The van der Waals surface area contributed by atoms with Crippen LogP contribution in [0.2, 0.25) is 5.02 Å². The third-order valence-electron chi connectivity index (χ3n) is 4.36. The number of hydrogen-bond donors (Lipinski definition) is 3. The molecule has 0 bridgehead atoms. The molecule has 0 radical (unpaired) electrons. The summed E-state index contributed by atoms with van der Waals surface area (Å²) in [6, 6.07) is 10.1. The van der Waals surface area contributed by atoms with Gasteiger partial charge in [0.25, 0.3) is 11.5 Å². The highest BCUT2D eigenvalue weighted by atomic mass is 35.5. The van der Waals surface area contributed by atoms with E-state index in [1.807, 2.05) is 0 Å². The number of halogens is 4. The van der Waals surface area contributed by atoms with Crippen LogP contribution in [0.5, 0.6) is 0 Å². The Labute approximate surface area is 178 Å². The van der Waals surface area contributed by atoms with Crippen molar-refractivity contribution in [2.45, 2.75) is 18.6 Å².